The second-order valence-corrected chi connectivity index (χ2v) is 6.41. The highest BCUT2D eigenvalue weighted by molar-refractivity contribution is 5.83. The van der Waals surface area contributed by atoms with Gasteiger partial charge in [-0.05, 0) is 30.7 Å². The van der Waals surface area contributed by atoms with Crippen LogP contribution in [0.1, 0.15) is 11.1 Å². The molecule has 2 aliphatic rings. The molecule has 0 radical (unpaired) electrons. The Labute approximate surface area is 146 Å². The van der Waals surface area contributed by atoms with E-state index in [1.807, 2.05) is 24.4 Å². The molecule has 120 valence electrons. The Kier molecular flexibility index (Phi) is 3.04. The fourth-order valence-corrected chi connectivity index (χ4v) is 3.52. The summed E-state index contributed by atoms with van der Waals surface area (Å²) in [7, 11) is 0. The first-order chi connectivity index (χ1) is 12.3. The average molecular weight is 323 g/mol. The maximum absolute atomic E-state index is 6.40. The van der Waals surface area contributed by atoms with Gasteiger partial charge < -0.3 is 10.1 Å². The molecular formula is C23H17NO. The summed E-state index contributed by atoms with van der Waals surface area (Å²) < 4.78 is 6.40. The third-order valence-corrected chi connectivity index (χ3v) is 4.77. The van der Waals surface area contributed by atoms with Crippen molar-refractivity contribution in [2.75, 3.05) is 5.32 Å². The summed E-state index contributed by atoms with van der Waals surface area (Å²) in [5.74, 6) is 1.82. The number of aryl methyl sites for hydroxylation is 1. The van der Waals surface area contributed by atoms with E-state index >= 15 is 0 Å². The van der Waals surface area contributed by atoms with Crippen LogP contribution in [0.15, 0.2) is 72.9 Å². The Morgan fingerprint density at radius 1 is 0.840 bits per heavy atom. The molecule has 0 bridgehead atoms. The molecule has 0 unspecified atom stereocenters. The van der Waals surface area contributed by atoms with Crippen molar-refractivity contribution < 1.29 is 4.74 Å². The third-order valence-electron chi connectivity index (χ3n) is 4.77. The molecule has 0 spiro atoms. The van der Waals surface area contributed by atoms with Crippen molar-refractivity contribution in [2.24, 2.45) is 0 Å². The SMILES string of the molecule is Cc1ccc(C2=c3c(ccc4c3=CC=CN4)-c3ccccc3O2)cc1. The van der Waals surface area contributed by atoms with E-state index in [9.17, 15) is 0 Å². The molecule has 2 nitrogen and oxygen atoms in total. The van der Waals surface area contributed by atoms with Crippen LogP contribution >= 0.6 is 0 Å². The summed E-state index contributed by atoms with van der Waals surface area (Å²) in [6.07, 6.45) is 6.14. The van der Waals surface area contributed by atoms with Gasteiger partial charge in [0.25, 0.3) is 0 Å². The minimum Gasteiger partial charge on any atom is -0.455 e. The van der Waals surface area contributed by atoms with Crippen LogP contribution in [0.5, 0.6) is 5.75 Å². The van der Waals surface area contributed by atoms with Gasteiger partial charge >= 0.3 is 0 Å². The second kappa shape index (κ2) is 5.38. The summed E-state index contributed by atoms with van der Waals surface area (Å²) in [6, 6.07) is 21.1. The molecule has 0 aliphatic carbocycles. The highest BCUT2D eigenvalue weighted by atomic mass is 16.5. The Morgan fingerprint density at radius 2 is 1.68 bits per heavy atom. The van der Waals surface area contributed by atoms with Gasteiger partial charge in [0, 0.05) is 33.5 Å². The number of hydrogen-bond donors (Lipinski definition) is 1. The van der Waals surface area contributed by atoms with Gasteiger partial charge in [-0.2, -0.15) is 0 Å². The van der Waals surface area contributed by atoms with Gasteiger partial charge in [-0.15, -0.1) is 0 Å². The number of para-hydroxylation sites is 1. The van der Waals surface area contributed by atoms with Crippen molar-refractivity contribution in [2.45, 2.75) is 6.92 Å². The van der Waals surface area contributed by atoms with E-state index in [0.29, 0.717) is 0 Å². The quantitative estimate of drug-likeness (QED) is 0.732. The molecule has 1 N–H and O–H groups in total. The number of anilines is 1. The lowest BCUT2D eigenvalue weighted by atomic mass is 9.94. The van der Waals surface area contributed by atoms with Crippen LogP contribution in [-0.4, -0.2) is 0 Å². The number of fused-ring (bicyclic) bond motifs is 5. The van der Waals surface area contributed by atoms with Crippen LogP contribution in [0.3, 0.4) is 0 Å². The van der Waals surface area contributed by atoms with Crippen molar-refractivity contribution in [3.63, 3.8) is 0 Å². The molecular weight excluding hydrogens is 306 g/mol. The standard InChI is InChI=1S/C23H17NO/c1-15-8-10-16(11-9-15)23-22-18(17-5-2-3-7-21(17)25-23)12-13-20-19(22)6-4-14-24-20/h2-14,24H,1H3. The molecule has 0 saturated heterocycles. The normalized spacial score (nSPS) is 13.7. The maximum atomic E-state index is 6.40. The highest BCUT2D eigenvalue weighted by Crippen LogP contribution is 2.34. The first-order valence-corrected chi connectivity index (χ1v) is 8.46. The average Bonchev–Trinajstić information content (AvgIpc) is 2.67. The van der Waals surface area contributed by atoms with Gasteiger partial charge in [0.1, 0.15) is 11.5 Å². The van der Waals surface area contributed by atoms with Gasteiger partial charge in [0.05, 0.1) is 0 Å². The summed E-state index contributed by atoms with van der Waals surface area (Å²) in [5, 5.41) is 5.66. The first-order valence-electron chi connectivity index (χ1n) is 8.46. The van der Waals surface area contributed by atoms with E-state index < -0.39 is 0 Å². The van der Waals surface area contributed by atoms with E-state index in [-0.39, 0.29) is 0 Å². The molecule has 25 heavy (non-hydrogen) atoms. The topological polar surface area (TPSA) is 21.3 Å². The van der Waals surface area contributed by atoms with Gasteiger partial charge in [0.15, 0.2) is 0 Å². The number of hydrogen-bond acceptors (Lipinski definition) is 2. The molecule has 0 atom stereocenters. The number of allylic oxidation sites excluding steroid dienone is 1. The highest BCUT2D eigenvalue weighted by Gasteiger charge is 2.21. The van der Waals surface area contributed by atoms with Crippen LogP contribution in [0.25, 0.3) is 23.0 Å². The zero-order valence-electron chi connectivity index (χ0n) is 13.9. The molecule has 0 saturated carbocycles. The molecule has 3 aromatic carbocycles. The van der Waals surface area contributed by atoms with Crippen LogP contribution in [0.2, 0.25) is 0 Å². The fourth-order valence-electron chi connectivity index (χ4n) is 3.52. The van der Waals surface area contributed by atoms with Crippen molar-refractivity contribution in [1.29, 1.82) is 0 Å². The smallest absolute Gasteiger partial charge is 0.143 e. The van der Waals surface area contributed by atoms with E-state index in [1.54, 1.807) is 0 Å². The van der Waals surface area contributed by atoms with Gasteiger partial charge in [-0.3, -0.25) is 0 Å². The lowest BCUT2D eigenvalue weighted by Gasteiger charge is -2.22. The van der Waals surface area contributed by atoms with E-state index in [1.165, 1.54) is 16.3 Å². The number of rotatable bonds is 1. The zero-order valence-corrected chi connectivity index (χ0v) is 13.9. The van der Waals surface area contributed by atoms with Crippen LogP contribution < -0.4 is 20.5 Å². The van der Waals surface area contributed by atoms with E-state index in [2.05, 4.69) is 66.8 Å². The Hall–Kier alpha value is -3.26. The van der Waals surface area contributed by atoms with Crippen LogP contribution in [0.4, 0.5) is 5.69 Å². The molecule has 3 aromatic rings. The lowest BCUT2D eigenvalue weighted by molar-refractivity contribution is 0.508. The third kappa shape index (κ3) is 2.18. The Bertz CT molecular complexity index is 1140. The first kappa shape index (κ1) is 14.1. The van der Waals surface area contributed by atoms with Crippen molar-refractivity contribution in [3.05, 3.63) is 94.5 Å². The molecule has 2 heterocycles. The number of nitrogens with one attached hydrogen (secondary N) is 1. The van der Waals surface area contributed by atoms with Gasteiger partial charge in [0.2, 0.25) is 0 Å². The summed E-state index contributed by atoms with van der Waals surface area (Å²) in [5.41, 5.74) is 5.79. The second-order valence-electron chi connectivity index (χ2n) is 6.41. The monoisotopic (exact) mass is 323 g/mol. The largest absolute Gasteiger partial charge is 0.455 e. The molecule has 2 heteroatoms. The molecule has 5 rings (SSSR count). The molecule has 0 amide bonds. The molecule has 0 aromatic heterocycles. The van der Waals surface area contributed by atoms with Gasteiger partial charge in [-0.25, -0.2) is 0 Å². The minimum atomic E-state index is 0.907. The summed E-state index contributed by atoms with van der Waals surface area (Å²) in [6.45, 7) is 2.10. The minimum absolute atomic E-state index is 0.907. The molecule has 2 aliphatic heterocycles. The summed E-state index contributed by atoms with van der Waals surface area (Å²) in [4.78, 5) is 0. The van der Waals surface area contributed by atoms with Gasteiger partial charge in [-0.1, -0.05) is 60.2 Å². The maximum Gasteiger partial charge on any atom is 0.143 e. The zero-order chi connectivity index (χ0) is 16.8. The van der Waals surface area contributed by atoms with Crippen molar-refractivity contribution in [3.8, 4) is 16.9 Å². The fraction of sp³-hybridized carbons (Fsp3) is 0.0435. The van der Waals surface area contributed by atoms with Crippen molar-refractivity contribution >= 4 is 17.5 Å². The predicted octanol–water partition coefficient (Wildman–Crippen LogP) is 3.93. The Morgan fingerprint density at radius 3 is 2.56 bits per heavy atom. The number of benzene rings is 3. The summed E-state index contributed by atoms with van der Waals surface area (Å²) >= 11 is 0. The molecule has 0 fully saturated rings. The lowest BCUT2D eigenvalue weighted by Crippen LogP contribution is -2.35. The van der Waals surface area contributed by atoms with E-state index in [0.717, 1.165) is 33.5 Å². The number of ether oxygens (including phenoxy) is 1. The van der Waals surface area contributed by atoms with Crippen LogP contribution in [0, 0.1) is 6.92 Å². The predicted molar refractivity (Wildman–Crippen MR) is 103 cm³/mol. The van der Waals surface area contributed by atoms with Crippen molar-refractivity contribution in [1.82, 2.24) is 0 Å². The van der Waals surface area contributed by atoms with E-state index in [4.69, 9.17) is 4.74 Å². The Balaban J connectivity index is 1.94. The van der Waals surface area contributed by atoms with Crippen LogP contribution in [-0.2, 0) is 0 Å².